The lowest BCUT2D eigenvalue weighted by molar-refractivity contribution is 0.0937. The van der Waals surface area contributed by atoms with Gasteiger partial charge in [0.15, 0.2) is 0 Å². The summed E-state index contributed by atoms with van der Waals surface area (Å²) in [5, 5.41) is 11.6. The first-order valence-electron chi connectivity index (χ1n) is 6.88. The van der Waals surface area contributed by atoms with Crippen molar-refractivity contribution in [3.63, 3.8) is 0 Å². The standard InChI is InChI=1S/C16H22N2O2/c1-12(2)6-7-13(3)18-16(20)15-9-14(5-4-8-19)10-17-11-15/h9-13,19H,6-8H2,1-3H3,(H,18,20). The molecule has 1 amide bonds. The van der Waals surface area contributed by atoms with E-state index in [1.165, 1.54) is 6.20 Å². The molecule has 2 N–H and O–H groups in total. The number of rotatable bonds is 5. The van der Waals surface area contributed by atoms with Crippen molar-refractivity contribution in [2.45, 2.75) is 39.7 Å². The third-order valence-corrected chi connectivity index (χ3v) is 2.87. The predicted octanol–water partition coefficient (Wildman–Crippen LogP) is 1.98. The van der Waals surface area contributed by atoms with E-state index >= 15 is 0 Å². The summed E-state index contributed by atoms with van der Waals surface area (Å²) in [4.78, 5) is 16.1. The Labute approximate surface area is 120 Å². The van der Waals surface area contributed by atoms with Gasteiger partial charge < -0.3 is 10.4 Å². The molecule has 0 aromatic carbocycles. The van der Waals surface area contributed by atoms with Crippen LogP contribution in [0.5, 0.6) is 0 Å². The van der Waals surface area contributed by atoms with Gasteiger partial charge in [0, 0.05) is 24.0 Å². The summed E-state index contributed by atoms with van der Waals surface area (Å²) < 4.78 is 0. The lowest BCUT2D eigenvalue weighted by atomic mass is 10.0. The summed E-state index contributed by atoms with van der Waals surface area (Å²) in [6, 6.07) is 1.82. The van der Waals surface area contributed by atoms with Crippen molar-refractivity contribution in [2.24, 2.45) is 5.92 Å². The van der Waals surface area contributed by atoms with E-state index in [4.69, 9.17) is 5.11 Å². The van der Waals surface area contributed by atoms with Gasteiger partial charge in [-0.1, -0.05) is 25.7 Å². The summed E-state index contributed by atoms with van der Waals surface area (Å²) in [6.07, 6.45) is 5.14. The summed E-state index contributed by atoms with van der Waals surface area (Å²) >= 11 is 0. The highest BCUT2D eigenvalue weighted by Gasteiger charge is 2.10. The third kappa shape index (κ3) is 5.85. The first-order valence-corrected chi connectivity index (χ1v) is 6.88. The van der Waals surface area contributed by atoms with E-state index in [-0.39, 0.29) is 18.6 Å². The van der Waals surface area contributed by atoms with Gasteiger partial charge in [-0.3, -0.25) is 9.78 Å². The van der Waals surface area contributed by atoms with Crippen LogP contribution in [0.4, 0.5) is 0 Å². The number of nitrogens with zero attached hydrogens (tertiary/aromatic N) is 1. The Morgan fingerprint density at radius 3 is 2.75 bits per heavy atom. The van der Waals surface area contributed by atoms with Gasteiger partial charge in [0.1, 0.15) is 6.61 Å². The summed E-state index contributed by atoms with van der Waals surface area (Å²) in [6.45, 7) is 6.13. The molecule has 1 unspecified atom stereocenters. The first-order chi connectivity index (χ1) is 9.52. The molecule has 0 aliphatic carbocycles. The molecule has 0 saturated carbocycles. The van der Waals surface area contributed by atoms with Crippen molar-refractivity contribution in [1.82, 2.24) is 10.3 Å². The van der Waals surface area contributed by atoms with Crippen LogP contribution >= 0.6 is 0 Å². The van der Waals surface area contributed by atoms with Crippen LogP contribution in [0.1, 0.15) is 49.5 Å². The van der Waals surface area contributed by atoms with Crippen LogP contribution in [0.15, 0.2) is 18.5 Å². The molecule has 0 fully saturated rings. The molecule has 0 saturated heterocycles. The molecule has 0 aliphatic heterocycles. The Morgan fingerprint density at radius 2 is 2.10 bits per heavy atom. The molecule has 4 heteroatoms. The van der Waals surface area contributed by atoms with Gasteiger partial charge in [-0.05, 0) is 31.7 Å². The Bertz CT molecular complexity index is 501. The Hall–Kier alpha value is -1.86. The molecular formula is C16H22N2O2. The van der Waals surface area contributed by atoms with Gasteiger partial charge in [0.05, 0.1) is 5.56 Å². The zero-order valence-corrected chi connectivity index (χ0v) is 12.3. The number of pyridine rings is 1. The maximum Gasteiger partial charge on any atom is 0.253 e. The zero-order valence-electron chi connectivity index (χ0n) is 12.3. The Kier molecular flexibility index (Phi) is 6.75. The Morgan fingerprint density at radius 1 is 1.35 bits per heavy atom. The second kappa shape index (κ2) is 8.34. The molecule has 1 aromatic heterocycles. The monoisotopic (exact) mass is 274 g/mol. The molecule has 4 nitrogen and oxygen atoms in total. The molecule has 20 heavy (non-hydrogen) atoms. The highest BCUT2D eigenvalue weighted by atomic mass is 16.2. The highest BCUT2D eigenvalue weighted by molar-refractivity contribution is 5.94. The number of aliphatic hydroxyl groups excluding tert-OH is 1. The van der Waals surface area contributed by atoms with Crippen molar-refractivity contribution < 1.29 is 9.90 Å². The number of carbonyl (C=O) groups is 1. The van der Waals surface area contributed by atoms with E-state index < -0.39 is 0 Å². The van der Waals surface area contributed by atoms with Crippen molar-refractivity contribution in [3.8, 4) is 11.8 Å². The van der Waals surface area contributed by atoms with E-state index in [0.717, 1.165) is 12.8 Å². The number of hydrogen-bond acceptors (Lipinski definition) is 3. The van der Waals surface area contributed by atoms with E-state index in [2.05, 4.69) is 36.0 Å². The van der Waals surface area contributed by atoms with Gasteiger partial charge in [-0.25, -0.2) is 0 Å². The van der Waals surface area contributed by atoms with Gasteiger partial charge in [-0.15, -0.1) is 0 Å². The van der Waals surface area contributed by atoms with Crippen molar-refractivity contribution >= 4 is 5.91 Å². The predicted molar refractivity (Wildman–Crippen MR) is 79.2 cm³/mol. The maximum absolute atomic E-state index is 12.1. The molecule has 0 radical (unpaired) electrons. The average molecular weight is 274 g/mol. The van der Waals surface area contributed by atoms with Crippen molar-refractivity contribution in [3.05, 3.63) is 29.6 Å². The lowest BCUT2D eigenvalue weighted by Crippen LogP contribution is -2.32. The second-order valence-corrected chi connectivity index (χ2v) is 5.27. The molecule has 1 atom stereocenters. The van der Waals surface area contributed by atoms with Gasteiger partial charge >= 0.3 is 0 Å². The number of hydrogen-bond donors (Lipinski definition) is 2. The van der Waals surface area contributed by atoms with Crippen LogP contribution in [-0.4, -0.2) is 28.6 Å². The second-order valence-electron chi connectivity index (χ2n) is 5.27. The van der Waals surface area contributed by atoms with Gasteiger partial charge in [0.2, 0.25) is 0 Å². The summed E-state index contributed by atoms with van der Waals surface area (Å²) in [5.74, 6) is 5.77. The van der Waals surface area contributed by atoms with Gasteiger partial charge in [0.25, 0.3) is 5.91 Å². The van der Waals surface area contributed by atoms with Crippen molar-refractivity contribution in [1.29, 1.82) is 0 Å². The van der Waals surface area contributed by atoms with Crippen LogP contribution in [0, 0.1) is 17.8 Å². The molecule has 1 aromatic rings. The summed E-state index contributed by atoms with van der Waals surface area (Å²) in [5.41, 5.74) is 1.12. The lowest BCUT2D eigenvalue weighted by Gasteiger charge is -2.15. The largest absolute Gasteiger partial charge is 0.384 e. The van der Waals surface area contributed by atoms with E-state index in [0.29, 0.717) is 17.0 Å². The van der Waals surface area contributed by atoms with Crippen LogP contribution in [-0.2, 0) is 0 Å². The van der Waals surface area contributed by atoms with Crippen LogP contribution in [0.3, 0.4) is 0 Å². The molecule has 1 rings (SSSR count). The van der Waals surface area contributed by atoms with E-state index in [1.807, 2.05) is 6.92 Å². The van der Waals surface area contributed by atoms with Gasteiger partial charge in [-0.2, -0.15) is 0 Å². The third-order valence-electron chi connectivity index (χ3n) is 2.87. The molecule has 0 bridgehead atoms. The fourth-order valence-corrected chi connectivity index (χ4v) is 1.74. The summed E-state index contributed by atoms with van der Waals surface area (Å²) in [7, 11) is 0. The SMILES string of the molecule is CC(C)CCC(C)NC(=O)c1cncc(C#CCO)c1. The minimum absolute atomic E-state index is 0.136. The number of nitrogens with one attached hydrogen (secondary N) is 1. The smallest absolute Gasteiger partial charge is 0.253 e. The van der Waals surface area contributed by atoms with Crippen LogP contribution in [0.25, 0.3) is 0 Å². The zero-order chi connectivity index (χ0) is 15.0. The number of aliphatic hydroxyl groups is 1. The van der Waals surface area contributed by atoms with Crippen LogP contribution < -0.4 is 5.32 Å². The minimum atomic E-state index is -0.206. The number of amides is 1. The normalized spacial score (nSPS) is 11.7. The highest BCUT2D eigenvalue weighted by Crippen LogP contribution is 2.08. The minimum Gasteiger partial charge on any atom is -0.384 e. The molecule has 1 heterocycles. The molecular weight excluding hydrogens is 252 g/mol. The number of carbonyl (C=O) groups excluding carboxylic acids is 1. The quantitative estimate of drug-likeness (QED) is 0.807. The number of aromatic nitrogens is 1. The molecule has 0 spiro atoms. The Balaban J connectivity index is 2.63. The first kappa shape index (κ1) is 16.2. The topological polar surface area (TPSA) is 62.2 Å². The maximum atomic E-state index is 12.1. The van der Waals surface area contributed by atoms with Crippen molar-refractivity contribution in [2.75, 3.05) is 6.61 Å². The van der Waals surface area contributed by atoms with E-state index in [1.54, 1.807) is 12.3 Å². The molecule has 108 valence electrons. The van der Waals surface area contributed by atoms with Crippen LogP contribution in [0.2, 0.25) is 0 Å². The molecule has 0 aliphatic rings. The fraction of sp³-hybridized carbons (Fsp3) is 0.500. The average Bonchev–Trinajstić information content (AvgIpc) is 2.43. The van der Waals surface area contributed by atoms with E-state index in [9.17, 15) is 4.79 Å². The fourth-order valence-electron chi connectivity index (χ4n) is 1.74.